The van der Waals surface area contributed by atoms with Crippen LogP contribution in [0.4, 0.5) is 5.82 Å². The zero-order valence-corrected chi connectivity index (χ0v) is 20.9. The maximum atomic E-state index is 12.5. The molecule has 1 aliphatic rings. The number of nitrogens with zero attached hydrogens (tertiary/aromatic N) is 2. The Morgan fingerprint density at radius 3 is 2.82 bits per heavy atom. The Hall–Kier alpha value is -1.98. The van der Waals surface area contributed by atoms with Crippen LogP contribution in [0.25, 0.3) is 10.2 Å². The number of fused-ring (bicyclic) bond motifs is 3. The summed E-state index contributed by atoms with van der Waals surface area (Å²) in [5.41, 5.74) is 7.72. The molecule has 178 valence electrons. The van der Waals surface area contributed by atoms with E-state index in [0.717, 1.165) is 41.5 Å². The first-order valence-corrected chi connectivity index (χ1v) is 13.8. The fraction of sp³-hybridized carbons (Fsp3) is 0.455. The molecule has 4 rings (SSSR count). The van der Waals surface area contributed by atoms with E-state index < -0.39 is 10.0 Å². The van der Waals surface area contributed by atoms with Gasteiger partial charge in [0, 0.05) is 18.0 Å². The number of hydrogen-bond donors (Lipinski definition) is 3. The molecule has 0 spiro atoms. The number of nitrogens with two attached hydrogens (primary N) is 1. The van der Waals surface area contributed by atoms with E-state index in [2.05, 4.69) is 20.0 Å². The molecule has 3 aromatic rings. The summed E-state index contributed by atoms with van der Waals surface area (Å²) in [5.74, 6) is 1.28. The molecule has 0 atom stereocenters. The number of sulfonamides is 1. The molecule has 0 fully saturated rings. The standard InChI is InChI=1S/C22H28ClN5O3S2/c1-31-17-8-7-14(11-16(17)23)12-25-21-20-15-5-2-3-6-18(15)32-22(20)28-19(27-21)13-33(29,30)26-10-4-9-24/h7-8,11,26H,2-6,9-10,12-13,24H2,1H3,(H,25,27,28). The lowest BCUT2D eigenvalue weighted by molar-refractivity contribution is 0.415. The quantitative estimate of drug-likeness (QED) is 0.357. The molecule has 0 unspecified atom stereocenters. The highest BCUT2D eigenvalue weighted by Crippen LogP contribution is 2.39. The van der Waals surface area contributed by atoms with Crippen LogP contribution < -0.4 is 20.5 Å². The van der Waals surface area contributed by atoms with Gasteiger partial charge in [0.2, 0.25) is 10.0 Å². The molecule has 8 nitrogen and oxygen atoms in total. The fourth-order valence-electron chi connectivity index (χ4n) is 3.95. The van der Waals surface area contributed by atoms with Crippen molar-refractivity contribution in [2.24, 2.45) is 5.73 Å². The number of ether oxygens (including phenoxy) is 1. The van der Waals surface area contributed by atoms with Crippen LogP contribution >= 0.6 is 22.9 Å². The first-order valence-electron chi connectivity index (χ1n) is 10.9. The second kappa shape index (κ2) is 10.5. The Kier molecular flexibility index (Phi) is 7.70. The molecule has 0 amide bonds. The maximum Gasteiger partial charge on any atom is 0.218 e. The normalized spacial score (nSPS) is 13.8. The molecular formula is C22H28ClN5O3S2. The van der Waals surface area contributed by atoms with Crippen molar-refractivity contribution in [1.82, 2.24) is 14.7 Å². The number of aryl methyl sites for hydroxylation is 2. The minimum absolute atomic E-state index is 0.275. The van der Waals surface area contributed by atoms with Gasteiger partial charge in [0.1, 0.15) is 28.0 Å². The highest BCUT2D eigenvalue weighted by molar-refractivity contribution is 7.88. The van der Waals surface area contributed by atoms with E-state index in [1.54, 1.807) is 18.4 Å². The van der Waals surface area contributed by atoms with E-state index in [4.69, 9.17) is 22.1 Å². The van der Waals surface area contributed by atoms with Gasteiger partial charge in [-0.15, -0.1) is 11.3 Å². The predicted molar refractivity (Wildman–Crippen MR) is 134 cm³/mol. The van der Waals surface area contributed by atoms with Gasteiger partial charge in [-0.05, 0) is 61.9 Å². The Morgan fingerprint density at radius 1 is 1.24 bits per heavy atom. The number of aromatic nitrogens is 2. The molecule has 0 saturated heterocycles. The largest absolute Gasteiger partial charge is 0.495 e. The highest BCUT2D eigenvalue weighted by Gasteiger charge is 2.23. The van der Waals surface area contributed by atoms with E-state index in [1.165, 1.54) is 10.4 Å². The zero-order chi connectivity index (χ0) is 23.4. The van der Waals surface area contributed by atoms with E-state index in [9.17, 15) is 8.42 Å². The van der Waals surface area contributed by atoms with Crippen molar-refractivity contribution in [2.45, 2.75) is 44.4 Å². The average Bonchev–Trinajstić information content (AvgIpc) is 3.15. The van der Waals surface area contributed by atoms with Crippen LogP contribution in [0.5, 0.6) is 5.75 Å². The Bertz CT molecular complexity index is 1250. The summed E-state index contributed by atoms with van der Waals surface area (Å²) < 4.78 is 32.8. The van der Waals surface area contributed by atoms with Crippen molar-refractivity contribution >= 4 is 49.0 Å². The minimum atomic E-state index is -3.56. The molecule has 2 heterocycles. The molecule has 1 aromatic carbocycles. The third-order valence-corrected chi connectivity index (χ3v) is 8.32. The Balaban J connectivity index is 1.65. The summed E-state index contributed by atoms with van der Waals surface area (Å²) in [6.07, 6.45) is 4.88. The summed E-state index contributed by atoms with van der Waals surface area (Å²) in [4.78, 5) is 11.4. The monoisotopic (exact) mass is 509 g/mol. The second-order valence-electron chi connectivity index (χ2n) is 8.00. The van der Waals surface area contributed by atoms with Crippen LogP contribution in [0.1, 0.15) is 41.1 Å². The number of thiophene rings is 1. The predicted octanol–water partition coefficient (Wildman–Crippen LogP) is 3.61. The lowest BCUT2D eigenvalue weighted by Crippen LogP contribution is -2.28. The van der Waals surface area contributed by atoms with Crippen molar-refractivity contribution in [3.63, 3.8) is 0 Å². The van der Waals surface area contributed by atoms with Gasteiger partial charge in [0.25, 0.3) is 0 Å². The number of nitrogens with one attached hydrogen (secondary N) is 2. The van der Waals surface area contributed by atoms with Crippen molar-refractivity contribution in [2.75, 3.05) is 25.5 Å². The fourth-order valence-corrected chi connectivity index (χ4v) is 6.54. The van der Waals surface area contributed by atoms with Gasteiger partial charge in [-0.1, -0.05) is 17.7 Å². The molecular weight excluding hydrogens is 482 g/mol. The van der Waals surface area contributed by atoms with Crippen LogP contribution in [-0.4, -0.2) is 38.6 Å². The van der Waals surface area contributed by atoms with E-state index >= 15 is 0 Å². The average molecular weight is 510 g/mol. The molecule has 1 aliphatic carbocycles. The topological polar surface area (TPSA) is 119 Å². The number of hydrogen-bond acceptors (Lipinski definition) is 8. The Labute approximate surface area is 203 Å². The van der Waals surface area contributed by atoms with Crippen LogP contribution in [0.15, 0.2) is 18.2 Å². The van der Waals surface area contributed by atoms with Gasteiger partial charge < -0.3 is 15.8 Å². The maximum absolute atomic E-state index is 12.5. The second-order valence-corrected chi connectivity index (χ2v) is 11.3. The first-order chi connectivity index (χ1) is 15.9. The number of rotatable bonds is 10. The Morgan fingerprint density at radius 2 is 2.06 bits per heavy atom. The smallest absolute Gasteiger partial charge is 0.218 e. The lowest BCUT2D eigenvalue weighted by atomic mass is 9.97. The highest BCUT2D eigenvalue weighted by atomic mass is 35.5. The third kappa shape index (κ3) is 5.75. The van der Waals surface area contributed by atoms with Crippen LogP contribution in [0, 0.1) is 0 Å². The molecule has 0 radical (unpaired) electrons. The summed E-state index contributed by atoms with van der Waals surface area (Å²) >= 11 is 7.92. The number of benzene rings is 1. The molecule has 2 aromatic heterocycles. The van der Waals surface area contributed by atoms with Gasteiger partial charge in [-0.3, -0.25) is 0 Å². The summed E-state index contributed by atoms with van der Waals surface area (Å²) in [6.45, 7) is 1.22. The summed E-state index contributed by atoms with van der Waals surface area (Å²) in [6, 6.07) is 5.61. The van der Waals surface area contributed by atoms with Gasteiger partial charge in [-0.2, -0.15) is 0 Å². The summed E-state index contributed by atoms with van der Waals surface area (Å²) in [7, 11) is -1.98. The van der Waals surface area contributed by atoms with Gasteiger partial charge in [-0.25, -0.2) is 23.1 Å². The SMILES string of the molecule is COc1ccc(CNc2nc(CS(=O)(=O)NCCCN)nc3sc4c(c23)CCCC4)cc1Cl. The van der Waals surface area contributed by atoms with Crippen molar-refractivity contribution < 1.29 is 13.2 Å². The molecule has 0 saturated carbocycles. The van der Waals surface area contributed by atoms with Crippen molar-refractivity contribution in [3.8, 4) is 5.75 Å². The van der Waals surface area contributed by atoms with Gasteiger partial charge >= 0.3 is 0 Å². The lowest BCUT2D eigenvalue weighted by Gasteiger charge is -2.14. The molecule has 4 N–H and O–H groups in total. The van der Waals surface area contributed by atoms with E-state index in [0.29, 0.717) is 42.6 Å². The first kappa shape index (κ1) is 24.2. The van der Waals surface area contributed by atoms with E-state index in [1.807, 2.05) is 18.2 Å². The van der Waals surface area contributed by atoms with Crippen LogP contribution in [0.3, 0.4) is 0 Å². The molecule has 0 bridgehead atoms. The van der Waals surface area contributed by atoms with Gasteiger partial charge in [0.05, 0.1) is 17.5 Å². The van der Waals surface area contributed by atoms with Crippen molar-refractivity contribution in [3.05, 3.63) is 45.1 Å². The number of halogens is 1. The summed E-state index contributed by atoms with van der Waals surface area (Å²) in [5, 5.41) is 4.95. The number of methoxy groups -OCH3 is 1. The zero-order valence-electron chi connectivity index (χ0n) is 18.5. The van der Waals surface area contributed by atoms with Gasteiger partial charge in [0.15, 0.2) is 0 Å². The molecule has 11 heteroatoms. The van der Waals surface area contributed by atoms with Crippen molar-refractivity contribution in [1.29, 1.82) is 0 Å². The minimum Gasteiger partial charge on any atom is -0.495 e. The molecule has 33 heavy (non-hydrogen) atoms. The number of anilines is 1. The van der Waals surface area contributed by atoms with Crippen LogP contribution in [0.2, 0.25) is 5.02 Å². The van der Waals surface area contributed by atoms with Crippen LogP contribution in [-0.2, 0) is 35.2 Å². The van der Waals surface area contributed by atoms with E-state index in [-0.39, 0.29) is 11.6 Å². The third-order valence-electron chi connectivity index (χ3n) is 5.56. The molecule has 0 aliphatic heterocycles.